The van der Waals surface area contributed by atoms with E-state index in [1.807, 2.05) is 0 Å². The van der Waals surface area contributed by atoms with Gasteiger partial charge in [-0.2, -0.15) is 0 Å². The lowest BCUT2D eigenvalue weighted by Gasteiger charge is -2.26. The van der Waals surface area contributed by atoms with Crippen LogP contribution in [-0.4, -0.2) is 22.9 Å². The minimum Gasteiger partial charge on any atom is -0.507 e. The van der Waals surface area contributed by atoms with Gasteiger partial charge in [0, 0.05) is 30.7 Å². The van der Waals surface area contributed by atoms with E-state index >= 15 is 0 Å². The maximum Gasteiger partial charge on any atom is 0.235 e. The van der Waals surface area contributed by atoms with Crippen LogP contribution in [0.2, 0.25) is 0 Å². The van der Waals surface area contributed by atoms with E-state index in [2.05, 4.69) is 0 Å². The zero-order chi connectivity index (χ0) is 14.3. The molecule has 1 fully saturated rings. The molecule has 20 heavy (non-hydrogen) atoms. The smallest absolute Gasteiger partial charge is 0.235 e. The number of fused-ring (bicyclic) bond motifs is 3. The predicted octanol–water partition coefficient (Wildman–Crippen LogP) is 2.64. The molecule has 0 amide bonds. The van der Waals surface area contributed by atoms with E-state index in [9.17, 15) is 15.2 Å². The first-order chi connectivity index (χ1) is 9.57. The van der Waals surface area contributed by atoms with E-state index in [-0.39, 0.29) is 11.7 Å². The minimum atomic E-state index is -0.687. The Morgan fingerprint density at radius 2 is 2.40 bits per heavy atom. The molecule has 1 heterocycles. The third-order valence-electron chi connectivity index (χ3n) is 4.11. The highest BCUT2D eigenvalue weighted by Crippen LogP contribution is 2.56. The van der Waals surface area contributed by atoms with Gasteiger partial charge in [-0.05, 0) is 25.0 Å². The van der Waals surface area contributed by atoms with Crippen molar-refractivity contribution in [2.24, 2.45) is 0 Å². The molecule has 1 aliphatic heterocycles. The Morgan fingerprint density at radius 1 is 1.60 bits per heavy atom. The van der Waals surface area contributed by atoms with Crippen LogP contribution < -0.4 is 4.74 Å². The van der Waals surface area contributed by atoms with Crippen molar-refractivity contribution in [3.05, 3.63) is 39.6 Å². The summed E-state index contributed by atoms with van der Waals surface area (Å²) in [5.41, 5.74) is 1.26. The molecule has 0 bridgehead atoms. The largest absolute Gasteiger partial charge is 0.507 e. The van der Waals surface area contributed by atoms with Crippen molar-refractivity contribution < 1.29 is 19.5 Å². The number of methoxy groups -OCH3 is 1. The van der Waals surface area contributed by atoms with Crippen LogP contribution in [0.5, 0.6) is 11.5 Å². The zero-order valence-corrected chi connectivity index (χ0v) is 11.0. The molecule has 106 valence electrons. The number of hydrogen-bond acceptors (Lipinski definition) is 5. The summed E-state index contributed by atoms with van der Waals surface area (Å²) in [6, 6.07) is 3.18. The molecular formula is C14H15NO5. The highest BCUT2D eigenvalue weighted by atomic mass is 16.7. The molecule has 3 rings (SSSR count). The van der Waals surface area contributed by atoms with Gasteiger partial charge in [-0.1, -0.05) is 0 Å². The Kier molecular flexibility index (Phi) is 2.90. The Hall–Kier alpha value is -2.08. The Balaban J connectivity index is 2.12. The Bertz CT molecular complexity index is 597. The highest BCUT2D eigenvalue weighted by Gasteiger charge is 2.53. The summed E-state index contributed by atoms with van der Waals surface area (Å²) in [5.74, 6) is -0.0320. The second-order valence-corrected chi connectivity index (χ2v) is 5.07. The van der Waals surface area contributed by atoms with Gasteiger partial charge in [0.25, 0.3) is 0 Å². The fourth-order valence-corrected chi connectivity index (χ4v) is 3.27. The first-order valence-electron chi connectivity index (χ1n) is 6.49. The van der Waals surface area contributed by atoms with Crippen LogP contribution in [0.4, 0.5) is 0 Å². The van der Waals surface area contributed by atoms with Crippen LogP contribution in [0.15, 0.2) is 18.3 Å². The number of benzene rings is 1. The first-order valence-corrected chi connectivity index (χ1v) is 6.49. The highest BCUT2D eigenvalue weighted by molar-refractivity contribution is 5.67. The molecule has 0 radical (unpaired) electrons. The second kappa shape index (κ2) is 4.49. The summed E-state index contributed by atoms with van der Waals surface area (Å²) < 4.78 is 11.5. The first kappa shape index (κ1) is 12.9. The van der Waals surface area contributed by atoms with Crippen LogP contribution in [0.3, 0.4) is 0 Å². The summed E-state index contributed by atoms with van der Waals surface area (Å²) in [6.45, 7) is 0. The number of rotatable bonds is 3. The number of ether oxygens (including phenoxy) is 2. The molecule has 1 N–H and O–H groups in total. The van der Waals surface area contributed by atoms with Gasteiger partial charge in [0.15, 0.2) is 0 Å². The Labute approximate surface area is 115 Å². The SMILES string of the molecule is CO[C@]12CCC[C@H]1c1c(ccc(O)c1/C=C/[N+](=O)[O-])O2. The van der Waals surface area contributed by atoms with Gasteiger partial charge in [-0.15, -0.1) is 0 Å². The number of phenols is 1. The number of aromatic hydroxyl groups is 1. The van der Waals surface area contributed by atoms with Crippen molar-refractivity contribution in [3.8, 4) is 11.5 Å². The van der Waals surface area contributed by atoms with Gasteiger partial charge in [-0.25, -0.2) is 0 Å². The van der Waals surface area contributed by atoms with E-state index in [0.29, 0.717) is 11.3 Å². The van der Waals surface area contributed by atoms with Crippen molar-refractivity contribution in [2.45, 2.75) is 31.0 Å². The van der Waals surface area contributed by atoms with Crippen molar-refractivity contribution in [2.75, 3.05) is 7.11 Å². The lowest BCUT2D eigenvalue weighted by Crippen LogP contribution is -2.35. The molecule has 6 nitrogen and oxygen atoms in total. The van der Waals surface area contributed by atoms with E-state index in [1.165, 1.54) is 12.1 Å². The van der Waals surface area contributed by atoms with Gasteiger partial charge >= 0.3 is 0 Å². The number of phenolic OH excluding ortho intramolecular Hbond substituents is 1. The van der Waals surface area contributed by atoms with Crippen LogP contribution >= 0.6 is 0 Å². The summed E-state index contributed by atoms with van der Waals surface area (Å²) in [7, 11) is 1.61. The average molecular weight is 277 g/mol. The lowest BCUT2D eigenvalue weighted by molar-refractivity contribution is -0.400. The van der Waals surface area contributed by atoms with Gasteiger partial charge in [0.1, 0.15) is 11.5 Å². The Morgan fingerprint density at radius 3 is 3.10 bits per heavy atom. The molecule has 2 atom stereocenters. The molecule has 1 aromatic carbocycles. The van der Waals surface area contributed by atoms with E-state index in [0.717, 1.165) is 31.0 Å². The van der Waals surface area contributed by atoms with Crippen LogP contribution in [-0.2, 0) is 4.74 Å². The molecule has 2 aliphatic rings. The molecule has 0 aromatic heterocycles. The van der Waals surface area contributed by atoms with Crippen molar-refractivity contribution in [3.63, 3.8) is 0 Å². The molecule has 0 saturated heterocycles. The molecule has 0 spiro atoms. The van der Waals surface area contributed by atoms with Gasteiger partial charge < -0.3 is 14.6 Å². The quantitative estimate of drug-likeness (QED) is 0.678. The van der Waals surface area contributed by atoms with Gasteiger partial charge in [0.2, 0.25) is 12.0 Å². The topological polar surface area (TPSA) is 81.8 Å². The number of nitro groups is 1. The molecule has 1 saturated carbocycles. The maximum atomic E-state index is 10.5. The van der Waals surface area contributed by atoms with Crippen molar-refractivity contribution >= 4 is 6.08 Å². The van der Waals surface area contributed by atoms with E-state index < -0.39 is 10.7 Å². The van der Waals surface area contributed by atoms with Crippen LogP contribution in [0.1, 0.15) is 36.3 Å². The fraction of sp³-hybridized carbons (Fsp3) is 0.429. The summed E-state index contributed by atoms with van der Waals surface area (Å²) in [4.78, 5) is 9.96. The predicted molar refractivity (Wildman–Crippen MR) is 71.1 cm³/mol. The van der Waals surface area contributed by atoms with Crippen molar-refractivity contribution in [1.82, 2.24) is 0 Å². The summed E-state index contributed by atoms with van der Waals surface area (Å²) in [6.07, 6.45) is 4.77. The lowest BCUT2D eigenvalue weighted by atomic mass is 9.90. The number of nitrogens with zero attached hydrogens (tertiary/aromatic N) is 1. The number of hydrogen-bond donors (Lipinski definition) is 1. The molecular weight excluding hydrogens is 262 g/mol. The average Bonchev–Trinajstić information content (AvgIpc) is 2.94. The van der Waals surface area contributed by atoms with E-state index in [4.69, 9.17) is 9.47 Å². The minimum absolute atomic E-state index is 0.000930. The third-order valence-corrected chi connectivity index (χ3v) is 4.11. The zero-order valence-electron chi connectivity index (χ0n) is 11.0. The molecule has 1 aromatic rings. The molecule has 6 heteroatoms. The molecule has 0 unspecified atom stereocenters. The van der Waals surface area contributed by atoms with Crippen LogP contribution in [0.25, 0.3) is 6.08 Å². The summed E-state index contributed by atoms with van der Waals surface area (Å²) in [5, 5.41) is 20.5. The third kappa shape index (κ3) is 1.76. The van der Waals surface area contributed by atoms with E-state index in [1.54, 1.807) is 13.2 Å². The molecule has 1 aliphatic carbocycles. The van der Waals surface area contributed by atoms with Gasteiger partial charge in [0.05, 0.1) is 10.8 Å². The maximum absolute atomic E-state index is 10.5. The van der Waals surface area contributed by atoms with Gasteiger partial charge in [-0.3, -0.25) is 10.1 Å². The normalized spacial score (nSPS) is 27.4. The fourth-order valence-electron chi connectivity index (χ4n) is 3.27. The van der Waals surface area contributed by atoms with Crippen molar-refractivity contribution in [1.29, 1.82) is 0 Å². The summed E-state index contributed by atoms with van der Waals surface area (Å²) >= 11 is 0. The second-order valence-electron chi connectivity index (χ2n) is 5.07. The standard InChI is InChI=1S/C14H15NO5/c1-19-14-7-2-3-10(14)13-9(6-8-15(17)18)11(16)4-5-12(13)20-14/h4-6,8,10,16H,2-3,7H2,1H3/b8-6+/t10-,14-/m0/s1. The monoisotopic (exact) mass is 277 g/mol. The van der Waals surface area contributed by atoms with Crippen LogP contribution in [0, 0.1) is 10.1 Å².